The highest BCUT2D eigenvalue weighted by molar-refractivity contribution is 6.32. The molecule has 0 aromatic heterocycles. The van der Waals surface area contributed by atoms with Gasteiger partial charge in [-0.25, -0.2) is 4.39 Å². The van der Waals surface area contributed by atoms with E-state index < -0.39 is 47.8 Å². The molecular weight excluding hydrogens is 321 g/mol. The van der Waals surface area contributed by atoms with Crippen LogP contribution in [-0.2, 0) is 28.7 Å². The summed E-state index contributed by atoms with van der Waals surface area (Å²) in [6, 6.07) is 4.86. The molecular formula is C16H16FNO6. The largest absolute Gasteiger partial charge is 0.469 e. The van der Waals surface area contributed by atoms with Crippen LogP contribution in [0.4, 0.5) is 10.1 Å². The fraction of sp³-hybridized carbons (Fsp3) is 0.375. The van der Waals surface area contributed by atoms with E-state index in [0.717, 1.165) is 24.1 Å². The monoisotopic (exact) mass is 337 g/mol. The lowest BCUT2D eigenvalue weighted by atomic mass is 9.81. The van der Waals surface area contributed by atoms with E-state index in [1.54, 1.807) is 0 Å². The third-order valence-corrected chi connectivity index (χ3v) is 3.79. The number of ketones is 1. The number of carbonyl (C=O) groups is 4. The summed E-state index contributed by atoms with van der Waals surface area (Å²) in [5.74, 6) is -4.13. The molecule has 1 heterocycles. The predicted molar refractivity (Wildman–Crippen MR) is 79.5 cm³/mol. The van der Waals surface area contributed by atoms with Crippen LogP contribution in [0, 0.1) is 11.2 Å². The van der Waals surface area contributed by atoms with Crippen molar-refractivity contribution in [3.8, 4) is 0 Å². The van der Waals surface area contributed by atoms with Gasteiger partial charge in [0.25, 0.3) is 5.91 Å². The minimum absolute atomic E-state index is 0.0567. The molecule has 1 amide bonds. The number of hydrogen-bond acceptors (Lipinski definition) is 6. The standard InChI is InChI=1S/C16H16FNO6/c1-3-24-15(22)16(8-13(20)23-2)12(19)9-18(14(16)21)11-6-4-10(17)5-7-11/h4-7H,3,8-9H2,1-2H3/t16-/m1/s1. The number of Topliss-reactive ketones (excluding diaryl/α,β-unsaturated/α-hetero) is 1. The summed E-state index contributed by atoms with van der Waals surface area (Å²) in [5, 5.41) is 0. The van der Waals surface area contributed by atoms with Gasteiger partial charge >= 0.3 is 11.9 Å². The first-order valence-corrected chi connectivity index (χ1v) is 7.21. The Hall–Kier alpha value is -2.77. The van der Waals surface area contributed by atoms with Crippen LogP contribution in [0.1, 0.15) is 13.3 Å². The van der Waals surface area contributed by atoms with Crippen LogP contribution in [0.5, 0.6) is 0 Å². The highest BCUT2D eigenvalue weighted by atomic mass is 19.1. The molecule has 1 aromatic rings. The summed E-state index contributed by atoms with van der Waals surface area (Å²) in [7, 11) is 1.09. The molecule has 0 unspecified atom stereocenters. The number of methoxy groups -OCH3 is 1. The Balaban J connectivity index is 2.44. The van der Waals surface area contributed by atoms with Crippen molar-refractivity contribution in [3.63, 3.8) is 0 Å². The molecule has 1 aromatic carbocycles. The molecule has 1 aliphatic rings. The van der Waals surface area contributed by atoms with Gasteiger partial charge in [-0.15, -0.1) is 0 Å². The molecule has 0 radical (unpaired) electrons. The number of ether oxygens (including phenoxy) is 2. The van der Waals surface area contributed by atoms with Crippen LogP contribution < -0.4 is 4.90 Å². The zero-order valence-electron chi connectivity index (χ0n) is 13.2. The number of hydrogen-bond donors (Lipinski definition) is 0. The Morgan fingerprint density at radius 2 is 1.88 bits per heavy atom. The summed E-state index contributed by atoms with van der Waals surface area (Å²) in [6.07, 6.45) is -0.738. The summed E-state index contributed by atoms with van der Waals surface area (Å²) in [5.41, 5.74) is -2.02. The van der Waals surface area contributed by atoms with Crippen molar-refractivity contribution < 1.29 is 33.0 Å². The molecule has 2 rings (SSSR count). The summed E-state index contributed by atoms with van der Waals surface area (Å²) >= 11 is 0. The van der Waals surface area contributed by atoms with Gasteiger partial charge in [0, 0.05) is 5.69 Å². The van der Waals surface area contributed by atoms with Crippen molar-refractivity contribution in [1.29, 1.82) is 0 Å². The van der Waals surface area contributed by atoms with Gasteiger partial charge in [0.15, 0.2) is 5.78 Å². The number of benzene rings is 1. The lowest BCUT2D eigenvalue weighted by molar-refractivity contribution is -0.166. The number of esters is 2. The first-order valence-electron chi connectivity index (χ1n) is 7.21. The SMILES string of the molecule is CCOC(=O)[C@]1(CC(=O)OC)C(=O)CN(c2ccc(F)cc2)C1=O. The zero-order chi connectivity index (χ0) is 17.9. The Labute approximate surface area is 137 Å². The molecule has 0 saturated carbocycles. The third kappa shape index (κ3) is 2.86. The Morgan fingerprint density at radius 1 is 1.25 bits per heavy atom. The third-order valence-electron chi connectivity index (χ3n) is 3.79. The zero-order valence-corrected chi connectivity index (χ0v) is 13.2. The Bertz CT molecular complexity index is 686. The average Bonchev–Trinajstić information content (AvgIpc) is 2.81. The fourth-order valence-electron chi connectivity index (χ4n) is 2.52. The number of halogens is 1. The highest BCUT2D eigenvalue weighted by Gasteiger charge is 2.62. The molecule has 7 nitrogen and oxygen atoms in total. The van der Waals surface area contributed by atoms with Crippen LogP contribution >= 0.6 is 0 Å². The molecule has 0 N–H and O–H groups in total. The first kappa shape index (κ1) is 17.6. The fourth-order valence-corrected chi connectivity index (χ4v) is 2.52. The molecule has 1 aliphatic heterocycles. The lowest BCUT2D eigenvalue weighted by Gasteiger charge is -2.23. The molecule has 24 heavy (non-hydrogen) atoms. The first-order chi connectivity index (χ1) is 11.4. The summed E-state index contributed by atoms with van der Waals surface area (Å²) < 4.78 is 22.4. The second-order valence-corrected chi connectivity index (χ2v) is 5.17. The van der Waals surface area contributed by atoms with Crippen LogP contribution in [0.15, 0.2) is 24.3 Å². The van der Waals surface area contributed by atoms with Crippen molar-refractivity contribution in [2.75, 3.05) is 25.2 Å². The van der Waals surface area contributed by atoms with Crippen LogP contribution in [-0.4, -0.2) is 43.9 Å². The number of amides is 1. The number of carbonyl (C=O) groups excluding carboxylic acids is 4. The van der Waals surface area contributed by atoms with Crippen LogP contribution in [0.3, 0.4) is 0 Å². The molecule has 0 aliphatic carbocycles. The summed E-state index contributed by atoms with van der Waals surface area (Å²) in [4.78, 5) is 50.3. The molecule has 8 heteroatoms. The van der Waals surface area contributed by atoms with Crippen LogP contribution in [0.25, 0.3) is 0 Å². The maximum atomic E-state index is 13.0. The Morgan fingerprint density at radius 3 is 2.42 bits per heavy atom. The maximum Gasteiger partial charge on any atom is 0.330 e. The molecule has 1 saturated heterocycles. The second kappa shape index (κ2) is 6.77. The van der Waals surface area contributed by atoms with E-state index in [0.29, 0.717) is 0 Å². The van der Waals surface area contributed by atoms with Gasteiger partial charge in [0.1, 0.15) is 5.82 Å². The quantitative estimate of drug-likeness (QED) is 0.585. The van der Waals surface area contributed by atoms with E-state index in [1.807, 2.05) is 0 Å². The van der Waals surface area contributed by atoms with Gasteiger partial charge in [0.2, 0.25) is 5.41 Å². The van der Waals surface area contributed by atoms with Gasteiger partial charge in [-0.05, 0) is 31.2 Å². The van der Waals surface area contributed by atoms with Crippen molar-refractivity contribution in [2.45, 2.75) is 13.3 Å². The number of nitrogens with zero attached hydrogens (tertiary/aromatic N) is 1. The normalized spacial score (nSPS) is 20.2. The Kier molecular flexibility index (Phi) is 4.96. The van der Waals surface area contributed by atoms with Gasteiger partial charge in [-0.3, -0.25) is 19.2 Å². The minimum atomic E-state index is -2.27. The topological polar surface area (TPSA) is 90.0 Å². The van der Waals surface area contributed by atoms with E-state index in [1.165, 1.54) is 19.1 Å². The number of rotatable bonds is 5. The molecule has 0 spiro atoms. The van der Waals surface area contributed by atoms with Gasteiger partial charge in [-0.1, -0.05) is 0 Å². The van der Waals surface area contributed by atoms with Crippen molar-refractivity contribution >= 4 is 29.3 Å². The minimum Gasteiger partial charge on any atom is -0.469 e. The molecule has 0 bridgehead atoms. The molecule has 128 valence electrons. The van der Waals surface area contributed by atoms with E-state index in [2.05, 4.69) is 4.74 Å². The van der Waals surface area contributed by atoms with E-state index >= 15 is 0 Å². The second-order valence-electron chi connectivity index (χ2n) is 5.17. The predicted octanol–water partition coefficient (Wildman–Crippen LogP) is 0.854. The highest BCUT2D eigenvalue weighted by Crippen LogP contribution is 2.37. The van der Waals surface area contributed by atoms with Crippen molar-refractivity contribution in [1.82, 2.24) is 0 Å². The van der Waals surface area contributed by atoms with Gasteiger partial charge in [-0.2, -0.15) is 0 Å². The maximum absolute atomic E-state index is 13.0. The van der Waals surface area contributed by atoms with Crippen LogP contribution in [0.2, 0.25) is 0 Å². The van der Waals surface area contributed by atoms with E-state index in [4.69, 9.17) is 4.74 Å². The van der Waals surface area contributed by atoms with Crippen molar-refractivity contribution in [2.24, 2.45) is 5.41 Å². The van der Waals surface area contributed by atoms with Gasteiger partial charge in [0.05, 0.1) is 26.7 Å². The molecule has 1 atom stereocenters. The lowest BCUT2D eigenvalue weighted by Crippen LogP contribution is -2.47. The number of anilines is 1. The van der Waals surface area contributed by atoms with Gasteiger partial charge < -0.3 is 14.4 Å². The van der Waals surface area contributed by atoms with E-state index in [9.17, 15) is 23.6 Å². The van der Waals surface area contributed by atoms with Crippen molar-refractivity contribution in [3.05, 3.63) is 30.1 Å². The smallest absolute Gasteiger partial charge is 0.330 e. The van der Waals surface area contributed by atoms with E-state index in [-0.39, 0.29) is 12.3 Å². The summed E-state index contributed by atoms with van der Waals surface area (Å²) in [6.45, 7) is 1.05. The molecule has 1 fully saturated rings. The average molecular weight is 337 g/mol.